The molecule has 0 aliphatic carbocycles. The smallest absolute Gasteiger partial charge is 0.213 e. The van der Waals surface area contributed by atoms with Crippen molar-refractivity contribution < 1.29 is 4.39 Å². The maximum Gasteiger partial charge on any atom is 0.213 e. The molecule has 0 saturated heterocycles. The number of fused-ring (bicyclic) bond motifs is 1. The number of hydrogen-bond acceptors (Lipinski definition) is 4. The highest BCUT2D eigenvalue weighted by Crippen LogP contribution is 2.15. The molecule has 2 N–H and O–H groups in total. The summed E-state index contributed by atoms with van der Waals surface area (Å²) in [6.45, 7) is 0. The number of nitrogens with zero attached hydrogens (tertiary/aromatic N) is 4. The summed E-state index contributed by atoms with van der Waals surface area (Å²) in [5, 5.41) is 4.19. The molecular formula is C11H8FN5. The Morgan fingerprint density at radius 2 is 2.06 bits per heavy atom. The Morgan fingerprint density at radius 1 is 1.18 bits per heavy atom. The summed E-state index contributed by atoms with van der Waals surface area (Å²) in [6.07, 6.45) is 1.69. The van der Waals surface area contributed by atoms with Gasteiger partial charge in [-0.15, -0.1) is 5.10 Å². The van der Waals surface area contributed by atoms with E-state index in [0.29, 0.717) is 22.9 Å². The molecule has 3 rings (SSSR count). The van der Waals surface area contributed by atoms with E-state index in [1.165, 1.54) is 6.07 Å². The van der Waals surface area contributed by atoms with Gasteiger partial charge in [-0.05, 0) is 18.2 Å². The SMILES string of the molecule is Nc1ccn2nc(-c3cccc(F)n3)nc2c1. The van der Waals surface area contributed by atoms with Crippen molar-refractivity contribution in [1.29, 1.82) is 0 Å². The maximum absolute atomic E-state index is 13.0. The number of nitrogen functional groups attached to an aromatic ring is 1. The number of rotatable bonds is 1. The van der Waals surface area contributed by atoms with E-state index in [9.17, 15) is 4.39 Å². The second-order valence-corrected chi connectivity index (χ2v) is 3.54. The van der Waals surface area contributed by atoms with E-state index in [2.05, 4.69) is 15.1 Å². The first kappa shape index (κ1) is 9.71. The summed E-state index contributed by atoms with van der Waals surface area (Å²) in [7, 11) is 0. The number of anilines is 1. The van der Waals surface area contributed by atoms with Crippen molar-refractivity contribution >= 4 is 11.3 Å². The monoisotopic (exact) mass is 229 g/mol. The zero-order valence-electron chi connectivity index (χ0n) is 8.71. The summed E-state index contributed by atoms with van der Waals surface area (Å²) in [4.78, 5) is 7.95. The highest BCUT2D eigenvalue weighted by atomic mass is 19.1. The predicted molar refractivity (Wildman–Crippen MR) is 60.6 cm³/mol. The van der Waals surface area contributed by atoms with Gasteiger partial charge in [0, 0.05) is 18.0 Å². The van der Waals surface area contributed by atoms with E-state index in [4.69, 9.17) is 5.73 Å². The van der Waals surface area contributed by atoms with Crippen LogP contribution in [0.3, 0.4) is 0 Å². The first-order valence-electron chi connectivity index (χ1n) is 4.97. The van der Waals surface area contributed by atoms with Gasteiger partial charge in [0.1, 0.15) is 5.69 Å². The maximum atomic E-state index is 13.0. The lowest BCUT2D eigenvalue weighted by molar-refractivity contribution is 0.585. The highest BCUT2D eigenvalue weighted by Gasteiger charge is 2.08. The van der Waals surface area contributed by atoms with Crippen molar-refractivity contribution in [2.45, 2.75) is 0 Å². The molecule has 0 radical (unpaired) electrons. The van der Waals surface area contributed by atoms with Gasteiger partial charge in [-0.25, -0.2) is 14.5 Å². The zero-order chi connectivity index (χ0) is 11.8. The molecule has 6 heteroatoms. The molecule has 84 valence electrons. The van der Waals surface area contributed by atoms with E-state index < -0.39 is 5.95 Å². The van der Waals surface area contributed by atoms with Gasteiger partial charge in [-0.2, -0.15) is 4.39 Å². The van der Waals surface area contributed by atoms with Gasteiger partial charge >= 0.3 is 0 Å². The summed E-state index contributed by atoms with van der Waals surface area (Å²) in [6, 6.07) is 7.90. The van der Waals surface area contributed by atoms with Crippen LogP contribution in [-0.4, -0.2) is 19.6 Å². The summed E-state index contributed by atoms with van der Waals surface area (Å²) in [5.74, 6) is -0.184. The molecule has 3 aromatic heterocycles. The van der Waals surface area contributed by atoms with Crippen molar-refractivity contribution in [1.82, 2.24) is 19.6 Å². The van der Waals surface area contributed by atoms with E-state index in [1.807, 2.05) is 0 Å². The molecule has 0 bridgehead atoms. The van der Waals surface area contributed by atoms with Gasteiger partial charge in [-0.1, -0.05) is 6.07 Å². The van der Waals surface area contributed by atoms with Crippen LogP contribution in [0.4, 0.5) is 10.1 Å². The first-order valence-corrected chi connectivity index (χ1v) is 4.97. The van der Waals surface area contributed by atoms with Crippen LogP contribution < -0.4 is 5.73 Å². The molecule has 3 aromatic rings. The molecule has 17 heavy (non-hydrogen) atoms. The zero-order valence-corrected chi connectivity index (χ0v) is 8.71. The van der Waals surface area contributed by atoms with Crippen molar-refractivity contribution in [2.24, 2.45) is 0 Å². The van der Waals surface area contributed by atoms with Crippen LogP contribution >= 0.6 is 0 Å². The van der Waals surface area contributed by atoms with Crippen molar-refractivity contribution in [3.05, 3.63) is 42.5 Å². The van der Waals surface area contributed by atoms with Crippen molar-refractivity contribution in [3.63, 3.8) is 0 Å². The van der Waals surface area contributed by atoms with Crippen LogP contribution in [-0.2, 0) is 0 Å². The van der Waals surface area contributed by atoms with Crippen LogP contribution in [0.1, 0.15) is 0 Å². The number of aromatic nitrogens is 4. The molecule has 0 atom stereocenters. The van der Waals surface area contributed by atoms with Crippen LogP contribution in [0.2, 0.25) is 0 Å². The normalized spacial score (nSPS) is 10.9. The van der Waals surface area contributed by atoms with Crippen LogP contribution in [0.15, 0.2) is 36.5 Å². The fraction of sp³-hybridized carbons (Fsp3) is 0. The second kappa shape index (κ2) is 3.51. The van der Waals surface area contributed by atoms with Crippen molar-refractivity contribution in [2.75, 3.05) is 5.73 Å². The van der Waals surface area contributed by atoms with Gasteiger partial charge in [0.05, 0.1) is 0 Å². The number of hydrogen-bond donors (Lipinski definition) is 1. The summed E-state index contributed by atoms with van der Waals surface area (Å²) < 4.78 is 14.5. The second-order valence-electron chi connectivity index (χ2n) is 3.54. The Morgan fingerprint density at radius 3 is 2.88 bits per heavy atom. The van der Waals surface area contributed by atoms with Gasteiger partial charge in [0.25, 0.3) is 0 Å². The molecule has 0 aliphatic heterocycles. The van der Waals surface area contributed by atoms with Gasteiger partial charge in [0.15, 0.2) is 5.65 Å². The quantitative estimate of drug-likeness (QED) is 0.642. The topological polar surface area (TPSA) is 69.1 Å². The minimum absolute atomic E-state index is 0.370. The van der Waals surface area contributed by atoms with Crippen LogP contribution in [0.25, 0.3) is 17.2 Å². The lowest BCUT2D eigenvalue weighted by atomic mass is 10.3. The molecule has 0 fully saturated rings. The molecule has 5 nitrogen and oxygen atoms in total. The lowest BCUT2D eigenvalue weighted by Crippen LogP contribution is -1.90. The minimum Gasteiger partial charge on any atom is -0.399 e. The summed E-state index contributed by atoms with van der Waals surface area (Å²) >= 11 is 0. The Labute approximate surface area is 95.7 Å². The Bertz CT molecular complexity index is 691. The molecule has 0 spiro atoms. The van der Waals surface area contributed by atoms with E-state index >= 15 is 0 Å². The average molecular weight is 229 g/mol. The van der Waals surface area contributed by atoms with Gasteiger partial charge in [-0.3, -0.25) is 0 Å². The molecular weight excluding hydrogens is 221 g/mol. The third-order valence-electron chi connectivity index (χ3n) is 2.31. The largest absolute Gasteiger partial charge is 0.399 e. The molecule has 0 saturated carbocycles. The van der Waals surface area contributed by atoms with E-state index in [-0.39, 0.29) is 0 Å². The third kappa shape index (κ3) is 1.69. The standard InChI is InChI=1S/C11H8FN5/c12-9-3-1-2-8(14-9)11-15-10-6-7(13)4-5-17(10)16-11/h1-6H,13H2. The Balaban J connectivity index is 2.18. The Kier molecular flexibility index (Phi) is 2.01. The van der Waals surface area contributed by atoms with Gasteiger partial charge < -0.3 is 5.73 Å². The van der Waals surface area contributed by atoms with Crippen LogP contribution in [0, 0.1) is 5.95 Å². The highest BCUT2D eigenvalue weighted by molar-refractivity contribution is 5.57. The van der Waals surface area contributed by atoms with Crippen LogP contribution in [0.5, 0.6) is 0 Å². The molecule has 0 aromatic carbocycles. The van der Waals surface area contributed by atoms with E-state index in [1.54, 1.807) is 35.0 Å². The van der Waals surface area contributed by atoms with Crippen molar-refractivity contribution in [3.8, 4) is 11.5 Å². The molecule has 0 unspecified atom stereocenters. The number of nitrogens with two attached hydrogens (primary N) is 1. The number of halogens is 1. The average Bonchev–Trinajstić information content (AvgIpc) is 2.72. The number of pyridine rings is 2. The molecule has 0 aliphatic rings. The fourth-order valence-corrected chi connectivity index (χ4v) is 1.54. The first-order chi connectivity index (χ1) is 8.22. The Hall–Kier alpha value is -2.50. The minimum atomic E-state index is -0.555. The van der Waals surface area contributed by atoms with E-state index in [0.717, 1.165) is 0 Å². The molecule has 0 amide bonds. The lowest BCUT2D eigenvalue weighted by Gasteiger charge is -1.92. The summed E-state index contributed by atoms with van der Waals surface area (Å²) in [5.41, 5.74) is 7.24. The molecule has 3 heterocycles. The van der Waals surface area contributed by atoms with Gasteiger partial charge in [0.2, 0.25) is 11.8 Å². The predicted octanol–water partition coefficient (Wildman–Crippen LogP) is 1.51. The third-order valence-corrected chi connectivity index (χ3v) is 2.31. The fourth-order valence-electron chi connectivity index (χ4n) is 1.54.